The van der Waals surface area contributed by atoms with Gasteiger partial charge >= 0.3 is 11.6 Å². The van der Waals surface area contributed by atoms with Crippen LogP contribution in [0, 0.1) is 17.0 Å². The maximum absolute atomic E-state index is 11.0. The van der Waals surface area contributed by atoms with Crippen molar-refractivity contribution in [1.82, 2.24) is 4.98 Å². The van der Waals surface area contributed by atoms with Gasteiger partial charge in [0.1, 0.15) is 11.6 Å². The van der Waals surface area contributed by atoms with Gasteiger partial charge in [0.2, 0.25) is 0 Å². The van der Waals surface area contributed by atoms with Crippen LogP contribution < -0.4 is 10.1 Å². The quantitative estimate of drug-likeness (QED) is 0.666. The van der Waals surface area contributed by atoms with E-state index in [-0.39, 0.29) is 11.6 Å². The first-order chi connectivity index (χ1) is 9.61. The number of hydrogen-bond acceptors (Lipinski definition) is 5. The molecule has 0 bridgehead atoms. The summed E-state index contributed by atoms with van der Waals surface area (Å²) in [4.78, 5) is 14.7. The van der Waals surface area contributed by atoms with Crippen LogP contribution in [0.1, 0.15) is 12.5 Å². The largest absolute Gasteiger partial charge is 0.433 e. The zero-order valence-corrected chi connectivity index (χ0v) is 11.3. The second-order valence-corrected chi connectivity index (χ2v) is 4.18. The number of anilines is 1. The number of nitrogens with one attached hydrogen (secondary N) is 1. The van der Waals surface area contributed by atoms with Gasteiger partial charge in [0.25, 0.3) is 0 Å². The van der Waals surface area contributed by atoms with E-state index in [9.17, 15) is 10.1 Å². The van der Waals surface area contributed by atoms with Crippen molar-refractivity contribution in [2.45, 2.75) is 13.8 Å². The molecular weight excluding hydrogens is 258 g/mol. The summed E-state index contributed by atoms with van der Waals surface area (Å²) in [5.41, 5.74) is 0.729. The van der Waals surface area contributed by atoms with Crippen molar-refractivity contribution in [2.75, 3.05) is 11.9 Å². The molecule has 1 aromatic carbocycles. The standard InChI is InChI=1S/C14H15N3O3/c1-3-15-13-9-8-11(17(18)19)14(16-13)20-12-7-5-4-6-10(12)2/h4-9H,3H2,1-2H3,(H,15,16). The fraction of sp³-hybridized carbons (Fsp3) is 0.214. The van der Waals surface area contributed by atoms with Crippen LogP contribution in [0.3, 0.4) is 0 Å². The molecule has 0 spiro atoms. The van der Waals surface area contributed by atoms with Gasteiger partial charge in [-0.05, 0) is 31.5 Å². The lowest BCUT2D eigenvalue weighted by Crippen LogP contribution is -2.02. The van der Waals surface area contributed by atoms with Crippen LogP contribution >= 0.6 is 0 Å². The number of ether oxygens (including phenoxy) is 1. The Morgan fingerprint density at radius 1 is 1.30 bits per heavy atom. The SMILES string of the molecule is CCNc1ccc([N+](=O)[O-])c(Oc2ccccc2C)n1. The minimum Gasteiger partial charge on any atom is -0.433 e. The molecule has 0 amide bonds. The summed E-state index contributed by atoms with van der Waals surface area (Å²) in [6.45, 7) is 4.47. The third-order valence-electron chi connectivity index (χ3n) is 2.70. The average Bonchev–Trinajstić information content (AvgIpc) is 2.42. The van der Waals surface area contributed by atoms with Gasteiger partial charge in [0.05, 0.1) is 4.92 Å². The number of hydrogen-bond donors (Lipinski definition) is 1. The normalized spacial score (nSPS) is 10.1. The monoisotopic (exact) mass is 273 g/mol. The summed E-state index contributed by atoms with van der Waals surface area (Å²) in [7, 11) is 0. The summed E-state index contributed by atoms with van der Waals surface area (Å²) < 4.78 is 5.60. The van der Waals surface area contributed by atoms with Crippen LogP contribution in [0.15, 0.2) is 36.4 Å². The van der Waals surface area contributed by atoms with Crippen LogP contribution in [-0.2, 0) is 0 Å². The topological polar surface area (TPSA) is 77.3 Å². The highest BCUT2D eigenvalue weighted by molar-refractivity contribution is 5.51. The Labute approximate surface area is 116 Å². The van der Waals surface area contributed by atoms with Gasteiger partial charge in [-0.25, -0.2) is 0 Å². The number of rotatable bonds is 5. The molecule has 0 saturated heterocycles. The smallest absolute Gasteiger partial charge is 0.331 e. The van der Waals surface area contributed by atoms with E-state index in [0.717, 1.165) is 5.56 Å². The van der Waals surface area contributed by atoms with Crippen molar-refractivity contribution in [1.29, 1.82) is 0 Å². The molecule has 2 aromatic rings. The molecule has 0 atom stereocenters. The number of para-hydroxylation sites is 1. The Balaban J connectivity index is 2.40. The summed E-state index contributed by atoms with van der Waals surface area (Å²) in [6.07, 6.45) is 0. The maximum Gasteiger partial charge on any atom is 0.331 e. The van der Waals surface area contributed by atoms with E-state index >= 15 is 0 Å². The van der Waals surface area contributed by atoms with Crippen LogP contribution in [0.4, 0.5) is 11.5 Å². The number of aryl methyl sites for hydroxylation is 1. The van der Waals surface area contributed by atoms with Crippen LogP contribution in [0.2, 0.25) is 0 Å². The fourth-order valence-electron chi connectivity index (χ4n) is 1.70. The zero-order valence-electron chi connectivity index (χ0n) is 11.3. The number of nitrogens with zero attached hydrogens (tertiary/aromatic N) is 2. The Bertz CT molecular complexity index is 629. The third-order valence-corrected chi connectivity index (χ3v) is 2.70. The molecule has 1 heterocycles. The first kappa shape index (κ1) is 13.8. The molecule has 20 heavy (non-hydrogen) atoms. The van der Waals surface area contributed by atoms with Gasteiger partial charge in [0, 0.05) is 12.6 Å². The highest BCUT2D eigenvalue weighted by atomic mass is 16.6. The van der Waals surface area contributed by atoms with Crippen molar-refractivity contribution in [3.8, 4) is 11.6 Å². The molecular formula is C14H15N3O3. The number of benzene rings is 1. The fourth-order valence-corrected chi connectivity index (χ4v) is 1.70. The maximum atomic E-state index is 11.0. The van der Waals surface area contributed by atoms with Gasteiger partial charge in [-0.1, -0.05) is 18.2 Å². The second-order valence-electron chi connectivity index (χ2n) is 4.18. The van der Waals surface area contributed by atoms with E-state index in [1.54, 1.807) is 12.1 Å². The second kappa shape index (κ2) is 6.01. The van der Waals surface area contributed by atoms with Gasteiger partial charge in [-0.15, -0.1) is 0 Å². The Morgan fingerprint density at radius 2 is 2.05 bits per heavy atom. The molecule has 1 N–H and O–H groups in total. The van der Waals surface area contributed by atoms with E-state index in [1.165, 1.54) is 6.07 Å². The molecule has 6 nitrogen and oxygen atoms in total. The summed E-state index contributed by atoms with van der Waals surface area (Å²) in [6, 6.07) is 10.3. The van der Waals surface area contributed by atoms with Crippen LogP contribution in [0.25, 0.3) is 0 Å². The van der Waals surface area contributed by atoms with E-state index in [0.29, 0.717) is 18.1 Å². The first-order valence-corrected chi connectivity index (χ1v) is 6.24. The lowest BCUT2D eigenvalue weighted by Gasteiger charge is -2.09. The van der Waals surface area contributed by atoms with Crippen molar-refractivity contribution < 1.29 is 9.66 Å². The van der Waals surface area contributed by atoms with Crippen molar-refractivity contribution >= 4 is 11.5 Å². The molecule has 104 valence electrons. The molecule has 0 saturated carbocycles. The third kappa shape index (κ3) is 3.03. The molecule has 0 aliphatic carbocycles. The number of aromatic nitrogens is 1. The number of nitro groups is 1. The van der Waals surface area contributed by atoms with Crippen molar-refractivity contribution in [3.63, 3.8) is 0 Å². The molecule has 2 rings (SSSR count). The summed E-state index contributed by atoms with van der Waals surface area (Å²) in [5.74, 6) is 1.08. The van der Waals surface area contributed by atoms with Gasteiger partial charge in [-0.3, -0.25) is 10.1 Å². The molecule has 0 fully saturated rings. The molecule has 0 unspecified atom stereocenters. The first-order valence-electron chi connectivity index (χ1n) is 6.24. The lowest BCUT2D eigenvalue weighted by atomic mass is 10.2. The summed E-state index contributed by atoms with van der Waals surface area (Å²) in [5, 5.41) is 14.0. The zero-order chi connectivity index (χ0) is 14.5. The molecule has 0 aliphatic heterocycles. The average molecular weight is 273 g/mol. The van der Waals surface area contributed by atoms with Crippen LogP contribution in [0.5, 0.6) is 11.6 Å². The Morgan fingerprint density at radius 3 is 2.70 bits per heavy atom. The van der Waals surface area contributed by atoms with E-state index in [1.807, 2.05) is 32.0 Å². The van der Waals surface area contributed by atoms with Gasteiger partial charge < -0.3 is 10.1 Å². The minimum absolute atomic E-state index is 0.0113. The highest BCUT2D eigenvalue weighted by Gasteiger charge is 2.18. The minimum atomic E-state index is -0.504. The highest BCUT2D eigenvalue weighted by Crippen LogP contribution is 2.31. The number of pyridine rings is 1. The van der Waals surface area contributed by atoms with Crippen LogP contribution in [-0.4, -0.2) is 16.5 Å². The molecule has 1 aromatic heterocycles. The van der Waals surface area contributed by atoms with E-state index in [4.69, 9.17) is 4.74 Å². The van der Waals surface area contributed by atoms with E-state index < -0.39 is 4.92 Å². The molecule has 6 heteroatoms. The van der Waals surface area contributed by atoms with Gasteiger partial charge in [0.15, 0.2) is 0 Å². The summed E-state index contributed by atoms with van der Waals surface area (Å²) >= 11 is 0. The van der Waals surface area contributed by atoms with Crippen molar-refractivity contribution in [3.05, 3.63) is 52.1 Å². The van der Waals surface area contributed by atoms with Crippen molar-refractivity contribution in [2.24, 2.45) is 0 Å². The molecule has 0 radical (unpaired) electrons. The predicted molar refractivity (Wildman–Crippen MR) is 76.3 cm³/mol. The van der Waals surface area contributed by atoms with Gasteiger partial charge in [-0.2, -0.15) is 4.98 Å². The predicted octanol–water partition coefficient (Wildman–Crippen LogP) is 3.52. The van der Waals surface area contributed by atoms with E-state index in [2.05, 4.69) is 10.3 Å². The Kier molecular flexibility index (Phi) is 4.14. The molecule has 0 aliphatic rings. The Hall–Kier alpha value is -2.63. The lowest BCUT2D eigenvalue weighted by molar-refractivity contribution is -0.386.